The molecule has 4 heteroatoms. The zero-order chi connectivity index (χ0) is 9.52. The standard InChI is InChI=1S/C9H14N2O2/c1-13-5-4-11-9-2-3-10-6-8(9)7-12/h2-3,6,12H,4-5,7H2,1H3,(H,10,11). The lowest BCUT2D eigenvalue weighted by atomic mass is 10.2. The molecule has 0 amide bonds. The molecule has 1 aromatic heterocycles. The van der Waals surface area contributed by atoms with Gasteiger partial charge in [-0.25, -0.2) is 0 Å². The number of anilines is 1. The van der Waals surface area contributed by atoms with Gasteiger partial charge in [-0.05, 0) is 6.07 Å². The van der Waals surface area contributed by atoms with Gasteiger partial charge in [0.15, 0.2) is 0 Å². The first-order valence-electron chi connectivity index (χ1n) is 4.15. The first-order chi connectivity index (χ1) is 6.38. The van der Waals surface area contributed by atoms with Crippen molar-refractivity contribution in [2.75, 3.05) is 25.6 Å². The van der Waals surface area contributed by atoms with Crippen LogP contribution in [0.15, 0.2) is 18.5 Å². The minimum atomic E-state index is 0.00313. The van der Waals surface area contributed by atoms with E-state index in [0.717, 1.165) is 17.8 Å². The smallest absolute Gasteiger partial charge is 0.0717 e. The molecule has 1 heterocycles. The van der Waals surface area contributed by atoms with Gasteiger partial charge in [-0.1, -0.05) is 0 Å². The van der Waals surface area contributed by atoms with E-state index in [0.29, 0.717) is 6.61 Å². The molecule has 0 aromatic carbocycles. The summed E-state index contributed by atoms with van der Waals surface area (Å²) in [7, 11) is 1.65. The number of nitrogens with zero attached hydrogens (tertiary/aromatic N) is 1. The highest BCUT2D eigenvalue weighted by molar-refractivity contribution is 5.48. The highest BCUT2D eigenvalue weighted by atomic mass is 16.5. The molecule has 0 radical (unpaired) electrons. The molecule has 0 fully saturated rings. The Balaban J connectivity index is 2.54. The van der Waals surface area contributed by atoms with Crippen molar-refractivity contribution in [1.82, 2.24) is 4.98 Å². The molecular formula is C9H14N2O2. The minimum Gasteiger partial charge on any atom is -0.392 e. The number of hydrogen-bond donors (Lipinski definition) is 2. The summed E-state index contributed by atoms with van der Waals surface area (Å²) in [5, 5.41) is 12.1. The topological polar surface area (TPSA) is 54.4 Å². The van der Waals surface area contributed by atoms with E-state index in [1.807, 2.05) is 6.07 Å². The highest BCUT2D eigenvalue weighted by Crippen LogP contribution is 2.12. The second-order valence-electron chi connectivity index (χ2n) is 2.61. The zero-order valence-corrected chi connectivity index (χ0v) is 7.66. The first-order valence-corrected chi connectivity index (χ1v) is 4.15. The van der Waals surface area contributed by atoms with E-state index < -0.39 is 0 Å². The van der Waals surface area contributed by atoms with Gasteiger partial charge in [-0.3, -0.25) is 4.98 Å². The van der Waals surface area contributed by atoms with E-state index in [9.17, 15) is 0 Å². The molecule has 0 saturated heterocycles. The van der Waals surface area contributed by atoms with E-state index >= 15 is 0 Å². The van der Waals surface area contributed by atoms with Crippen LogP contribution >= 0.6 is 0 Å². The summed E-state index contributed by atoms with van der Waals surface area (Å²) in [6.45, 7) is 1.38. The van der Waals surface area contributed by atoms with Gasteiger partial charge in [0.25, 0.3) is 0 Å². The third-order valence-corrected chi connectivity index (χ3v) is 1.70. The number of hydrogen-bond acceptors (Lipinski definition) is 4. The molecule has 0 aliphatic heterocycles. The molecule has 4 nitrogen and oxygen atoms in total. The van der Waals surface area contributed by atoms with Crippen molar-refractivity contribution in [3.05, 3.63) is 24.0 Å². The van der Waals surface area contributed by atoms with Crippen molar-refractivity contribution >= 4 is 5.69 Å². The fraction of sp³-hybridized carbons (Fsp3) is 0.444. The van der Waals surface area contributed by atoms with Crippen LogP contribution in [0.25, 0.3) is 0 Å². The van der Waals surface area contributed by atoms with Crippen LogP contribution < -0.4 is 5.32 Å². The quantitative estimate of drug-likeness (QED) is 0.656. The number of methoxy groups -OCH3 is 1. The van der Waals surface area contributed by atoms with Crippen LogP contribution in [0.3, 0.4) is 0 Å². The number of rotatable bonds is 5. The van der Waals surface area contributed by atoms with E-state index in [2.05, 4.69) is 10.3 Å². The highest BCUT2D eigenvalue weighted by Gasteiger charge is 1.98. The Morgan fingerprint density at radius 2 is 2.46 bits per heavy atom. The summed E-state index contributed by atoms with van der Waals surface area (Å²) >= 11 is 0. The Morgan fingerprint density at radius 1 is 1.62 bits per heavy atom. The Hall–Kier alpha value is -1.13. The van der Waals surface area contributed by atoms with Crippen molar-refractivity contribution in [1.29, 1.82) is 0 Å². The number of aliphatic hydroxyl groups is 1. The number of ether oxygens (including phenoxy) is 1. The number of pyridine rings is 1. The van der Waals surface area contributed by atoms with Gasteiger partial charge >= 0.3 is 0 Å². The Bertz CT molecular complexity index is 253. The molecular weight excluding hydrogens is 168 g/mol. The normalized spacial score (nSPS) is 10.0. The average Bonchev–Trinajstić information content (AvgIpc) is 2.19. The molecule has 0 atom stereocenters. The van der Waals surface area contributed by atoms with Gasteiger partial charge in [-0.15, -0.1) is 0 Å². The second-order valence-corrected chi connectivity index (χ2v) is 2.61. The first kappa shape index (κ1) is 9.95. The minimum absolute atomic E-state index is 0.00313. The Kier molecular flexibility index (Phi) is 4.21. The van der Waals surface area contributed by atoms with Gasteiger partial charge in [0.2, 0.25) is 0 Å². The van der Waals surface area contributed by atoms with E-state index in [1.165, 1.54) is 0 Å². The zero-order valence-electron chi connectivity index (χ0n) is 7.66. The molecule has 0 spiro atoms. The van der Waals surface area contributed by atoms with Crippen molar-refractivity contribution < 1.29 is 9.84 Å². The van der Waals surface area contributed by atoms with Gasteiger partial charge in [0, 0.05) is 37.3 Å². The van der Waals surface area contributed by atoms with Gasteiger partial charge in [0.05, 0.1) is 13.2 Å². The second kappa shape index (κ2) is 5.50. The van der Waals surface area contributed by atoms with Crippen LogP contribution in [0, 0.1) is 0 Å². The molecule has 13 heavy (non-hydrogen) atoms. The summed E-state index contributed by atoms with van der Waals surface area (Å²) in [4.78, 5) is 3.91. The fourth-order valence-corrected chi connectivity index (χ4v) is 1.01. The molecule has 0 bridgehead atoms. The Labute approximate surface area is 77.6 Å². The fourth-order valence-electron chi connectivity index (χ4n) is 1.01. The lowest BCUT2D eigenvalue weighted by Gasteiger charge is -2.08. The summed E-state index contributed by atoms with van der Waals surface area (Å²) in [6.07, 6.45) is 3.34. The van der Waals surface area contributed by atoms with Crippen LogP contribution in [0.2, 0.25) is 0 Å². The Morgan fingerprint density at radius 3 is 3.15 bits per heavy atom. The van der Waals surface area contributed by atoms with Crippen molar-refractivity contribution in [3.8, 4) is 0 Å². The molecule has 1 rings (SSSR count). The van der Waals surface area contributed by atoms with Crippen molar-refractivity contribution in [3.63, 3.8) is 0 Å². The van der Waals surface area contributed by atoms with Gasteiger partial charge in [-0.2, -0.15) is 0 Å². The monoisotopic (exact) mass is 182 g/mol. The summed E-state index contributed by atoms with van der Waals surface area (Å²) in [5.41, 5.74) is 1.72. The predicted molar refractivity (Wildman–Crippen MR) is 50.5 cm³/mol. The van der Waals surface area contributed by atoms with Crippen LogP contribution in [0.5, 0.6) is 0 Å². The lowest BCUT2D eigenvalue weighted by Crippen LogP contribution is -2.09. The summed E-state index contributed by atoms with van der Waals surface area (Å²) in [6, 6.07) is 1.83. The molecule has 1 aromatic rings. The third kappa shape index (κ3) is 3.01. The molecule has 0 aliphatic carbocycles. The van der Waals surface area contributed by atoms with E-state index in [4.69, 9.17) is 9.84 Å². The van der Waals surface area contributed by atoms with Crippen molar-refractivity contribution in [2.24, 2.45) is 0 Å². The van der Waals surface area contributed by atoms with E-state index in [-0.39, 0.29) is 6.61 Å². The van der Waals surface area contributed by atoms with Gasteiger partial charge < -0.3 is 15.2 Å². The van der Waals surface area contributed by atoms with Crippen LogP contribution in [-0.2, 0) is 11.3 Å². The third-order valence-electron chi connectivity index (χ3n) is 1.70. The largest absolute Gasteiger partial charge is 0.392 e. The maximum atomic E-state index is 8.96. The summed E-state index contributed by atoms with van der Waals surface area (Å²) < 4.78 is 4.90. The van der Waals surface area contributed by atoms with Gasteiger partial charge in [0.1, 0.15) is 0 Å². The van der Waals surface area contributed by atoms with Crippen molar-refractivity contribution in [2.45, 2.75) is 6.61 Å². The predicted octanol–water partition coefficient (Wildman–Crippen LogP) is 0.632. The average molecular weight is 182 g/mol. The SMILES string of the molecule is COCCNc1ccncc1CO. The molecule has 72 valence electrons. The molecule has 0 saturated carbocycles. The van der Waals surface area contributed by atoms with Crippen LogP contribution in [0.4, 0.5) is 5.69 Å². The maximum absolute atomic E-state index is 8.96. The number of aliphatic hydroxyl groups excluding tert-OH is 1. The lowest BCUT2D eigenvalue weighted by molar-refractivity contribution is 0.210. The number of aromatic nitrogens is 1. The van der Waals surface area contributed by atoms with Crippen LogP contribution in [0.1, 0.15) is 5.56 Å². The molecule has 0 unspecified atom stereocenters. The van der Waals surface area contributed by atoms with E-state index in [1.54, 1.807) is 19.5 Å². The van der Waals surface area contributed by atoms with Crippen LogP contribution in [-0.4, -0.2) is 30.4 Å². The molecule has 2 N–H and O–H groups in total. The summed E-state index contributed by atoms with van der Waals surface area (Å²) in [5.74, 6) is 0. The molecule has 0 aliphatic rings. The number of nitrogens with one attached hydrogen (secondary N) is 1. The maximum Gasteiger partial charge on any atom is 0.0717 e.